The highest BCUT2D eigenvalue weighted by Gasteiger charge is 2.16. The first-order chi connectivity index (χ1) is 28.2. The average molecular weight is 761 g/mol. The standard InChI is InChI=1S/C53H32N2S2/c1-3-7-50-46(5-1)48-28-38-17-21-44(26-40(38)30-52(48)56-50)55(45-22-18-39-29-49-47-6-2-4-8-51(47)57-53(49)31-41(39)27-45)43-19-15-34(16-20-43)33-9-11-35(12-10-33)37-14-13-36-23-24-54-32-42(36)25-37/h1-32H. The summed E-state index contributed by atoms with van der Waals surface area (Å²) in [6.07, 6.45) is 3.78. The van der Waals surface area contributed by atoms with Gasteiger partial charge in [-0.15, -0.1) is 22.7 Å². The highest BCUT2D eigenvalue weighted by molar-refractivity contribution is 7.26. The number of pyridine rings is 1. The van der Waals surface area contributed by atoms with Crippen LogP contribution in [0.2, 0.25) is 0 Å². The lowest BCUT2D eigenvalue weighted by molar-refractivity contribution is 1.29. The van der Waals surface area contributed by atoms with E-state index in [9.17, 15) is 0 Å². The molecule has 0 fully saturated rings. The van der Waals surface area contributed by atoms with E-state index >= 15 is 0 Å². The third-order valence-electron chi connectivity index (χ3n) is 11.5. The Morgan fingerprint density at radius 1 is 0.316 bits per heavy atom. The van der Waals surface area contributed by atoms with Crippen molar-refractivity contribution < 1.29 is 0 Å². The van der Waals surface area contributed by atoms with E-state index in [2.05, 4.69) is 192 Å². The maximum Gasteiger partial charge on any atom is 0.0468 e. The lowest BCUT2D eigenvalue weighted by Gasteiger charge is -2.26. The van der Waals surface area contributed by atoms with Crippen molar-refractivity contribution in [3.05, 3.63) is 194 Å². The van der Waals surface area contributed by atoms with Crippen LogP contribution in [0.3, 0.4) is 0 Å². The molecule has 266 valence electrons. The van der Waals surface area contributed by atoms with Crippen molar-refractivity contribution in [2.24, 2.45) is 0 Å². The molecule has 9 aromatic carbocycles. The molecule has 0 saturated heterocycles. The summed E-state index contributed by atoms with van der Waals surface area (Å²) in [4.78, 5) is 6.73. The molecule has 0 saturated carbocycles. The summed E-state index contributed by atoms with van der Waals surface area (Å²) >= 11 is 3.74. The molecular formula is C53H32N2S2. The average Bonchev–Trinajstić information content (AvgIpc) is 3.82. The van der Waals surface area contributed by atoms with Gasteiger partial charge in [-0.2, -0.15) is 0 Å². The quantitative estimate of drug-likeness (QED) is 0.174. The molecule has 3 aromatic heterocycles. The number of benzene rings is 9. The van der Waals surface area contributed by atoms with Crippen molar-refractivity contribution in [3.63, 3.8) is 0 Å². The molecule has 0 bridgehead atoms. The Balaban J connectivity index is 0.956. The highest BCUT2D eigenvalue weighted by atomic mass is 32.1. The molecule has 0 N–H and O–H groups in total. The van der Waals surface area contributed by atoms with Crippen LogP contribution in [0.5, 0.6) is 0 Å². The van der Waals surface area contributed by atoms with Gasteiger partial charge in [0.1, 0.15) is 0 Å². The van der Waals surface area contributed by atoms with Crippen molar-refractivity contribution in [2.75, 3.05) is 4.90 Å². The van der Waals surface area contributed by atoms with Crippen LogP contribution in [-0.2, 0) is 0 Å². The van der Waals surface area contributed by atoms with E-state index in [1.165, 1.54) is 89.5 Å². The molecule has 4 heteroatoms. The number of rotatable bonds is 5. The van der Waals surface area contributed by atoms with E-state index in [0.717, 1.165) is 22.4 Å². The van der Waals surface area contributed by atoms with Crippen LogP contribution in [0.25, 0.3) is 94.9 Å². The first kappa shape index (κ1) is 32.4. The third kappa shape index (κ3) is 5.48. The Morgan fingerprint density at radius 3 is 1.40 bits per heavy atom. The second-order valence-corrected chi connectivity index (χ2v) is 17.0. The minimum absolute atomic E-state index is 1.12. The Bertz CT molecular complexity index is 3370. The fourth-order valence-electron chi connectivity index (χ4n) is 8.56. The van der Waals surface area contributed by atoms with Crippen LogP contribution in [0, 0.1) is 0 Å². The van der Waals surface area contributed by atoms with Gasteiger partial charge in [0, 0.05) is 75.2 Å². The molecule has 12 aromatic rings. The smallest absolute Gasteiger partial charge is 0.0468 e. The topological polar surface area (TPSA) is 16.1 Å². The molecule has 0 aliphatic carbocycles. The van der Waals surface area contributed by atoms with E-state index in [-0.39, 0.29) is 0 Å². The van der Waals surface area contributed by atoms with Crippen molar-refractivity contribution in [1.82, 2.24) is 4.98 Å². The molecule has 0 amide bonds. The van der Waals surface area contributed by atoms with Crippen molar-refractivity contribution >= 4 is 112 Å². The molecule has 0 radical (unpaired) electrons. The van der Waals surface area contributed by atoms with Gasteiger partial charge in [0.25, 0.3) is 0 Å². The van der Waals surface area contributed by atoms with Crippen LogP contribution in [0.15, 0.2) is 194 Å². The summed E-state index contributed by atoms with van der Waals surface area (Å²) in [5.74, 6) is 0. The minimum Gasteiger partial charge on any atom is -0.310 e. The zero-order valence-electron chi connectivity index (χ0n) is 30.7. The van der Waals surface area contributed by atoms with E-state index in [4.69, 9.17) is 0 Å². The summed E-state index contributed by atoms with van der Waals surface area (Å²) < 4.78 is 5.29. The third-order valence-corrected chi connectivity index (χ3v) is 13.7. The Kier molecular flexibility index (Phi) is 7.31. The maximum atomic E-state index is 4.32. The van der Waals surface area contributed by atoms with Gasteiger partial charge >= 0.3 is 0 Å². The normalized spacial score (nSPS) is 11.9. The largest absolute Gasteiger partial charge is 0.310 e. The van der Waals surface area contributed by atoms with Gasteiger partial charge in [0.2, 0.25) is 0 Å². The van der Waals surface area contributed by atoms with E-state index in [1.807, 2.05) is 35.1 Å². The number of hydrogen-bond acceptors (Lipinski definition) is 4. The second kappa shape index (κ2) is 12.9. The number of hydrogen-bond donors (Lipinski definition) is 0. The first-order valence-corrected chi connectivity index (χ1v) is 20.9. The van der Waals surface area contributed by atoms with Crippen LogP contribution in [-0.4, -0.2) is 4.98 Å². The zero-order valence-corrected chi connectivity index (χ0v) is 32.3. The van der Waals surface area contributed by atoms with Crippen LogP contribution < -0.4 is 4.90 Å². The number of nitrogens with zero attached hydrogens (tertiary/aromatic N) is 2. The Hall–Kier alpha value is -6.85. The van der Waals surface area contributed by atoms with Crippen molar-refractivity contribution in [3.8, 4) is 22.3 Å². The Labute approximate surface area is 337 Å². The highest BCUT2D eigenvalue weighted by Crippen LogP contribution is 2.43. The predicted octanol–water partition coefficient (Wildman–Crippen LogP) is 16.1. The fourth-order valence-corrected chi connectivity index (χ4v) is 10.8. The predicted molar refractivity (Wildman–Crippen MR) is 248 cm³/mol. The lowest BCUT2D eigenvalue weighted by atomic mass is 9.98. The molecule has 0 atom stereocenters. The summed E-state index contributed by atoms with van der Waals surface area (Å²) in [5.41, 5.74) is 8.14. The molecule has 12 rings (SSSR count). The van der Waals surface area contributed by atoms with E-state index < -0.39 is 0 Å². The number of fused-ring (bicyclic) bond motifs is 9. The van der Waals surface area contributed by atoms with Gasteiger partial charge in [-0.05, 0) is 134 Å². The van der Waals surface area contributed by atoms with Crippen molar-refractivity contribution in [2.45, 2.75) is 0 Å². The number of anilines is 3. The number of thiophene rings is 2. The summed E-state index contributed by atoms with van der Waals surface area (Å²) in [6.45, 7) is 0. The van der Waals surface area contributed by atoms with E-state index in [1.54, 1.807) is 0 Å². The zero-order chi connectivity index (χ0) is 37.5. The van der Waals surface area contributed by atoms with Gasteiger partial charge in [0.15, 0.2) is 0 Å². The van der Waals surface area contributed by atoms with Gasteiger partial charge in [-0.3, -0.25) is 4.98 Å². The van der Waals surface area contributed by atoms with Crippen LogP contribution in [0.4, 0.5) is 17.1 Å². The number of aromatic nitrogens is 1. The molecule has 0 unspecified atom stereocenters. The lowest BCUT2D eigenvalue weighted by Crippen LogP contribution is -2.09. The van der Waals surface area contributed by atoms with E-state index in [0.29, 0.717) is 0 Å². The first-order valence-electron chi connectivity index (χ1n) is 19.2. The van der Waals surface area contributed by atoms with Crippen LogP contribution in [0.1, 0.15) is 0 Å². The Morgan fingerprint density at radius 2 is 0.807 bits per heavy atom. The van der Waals surface area contributed by atoms with Crippen LogP contribution >= 0.6 is 22.7 Å². The van der Waals surface area contributed by atoms with Crippen molar-refractivity contribution in [1.29, 1.82) is 0 Å². The van der Waals surface area contributed by atoms with Gasteiger partial charge in [-0.1, -0.05) is 97.1 Å². The molecule has 0 aliphatic rings. The maximum absolute atomic E-state index is 4.32. The summed E-state index contributed by atoms with van der Waals surface area (Å²) in [6, 6.07) is 67.3. The fraction of sp³-hybridized carbons (Fsp3) is 0. The molecule has 2 nitrogen and oxygen atoms in total. The second-order valence-electron chi connectivity index (χ2n) is 14.9. The SMILES string of the molecule is c1ccc2c(c1)sc1cc3cc(N(c4ccc(-c5ccc(-c6ccc7ccncc7c6)cc5)cc4)c4ccc5cc6c(cc5c4)sc4ccccc46)ccc3cc12. The molecule has 0 aliphatic heterocycles. The summed E-state index contributed by atoms with van der Waals surface area (Å²) in [7, 11) is 0. The van der Waals surface area contributed by atoms with Gasteiger partial charge < -0.3 is 4.90 Å². The molecule has 57 heavy (non-hydrogen) atoms. The summed E-state index contributed by atoms with van der Waals surface area (Å²) in [5, 5.41) is 12.6. The molecule has 0 spiro atoms. The van der Waals surface area contributed by atoms with Gasteiger partial charge in [-0.25, -0.2) is 0 Å². The molecular weight excluding hydrogens is 729 g/mol. The minimum atomic E-state index is 1.12. The monoisotopic (exact) mass is 760 g/mol. The molecule has 3 heterocycles. The van der Waals surface area contributed by atoms with Gasteiger partial charge in [0.05, 0.1) is 0 Å².